The fourth-order valence-corrected chi connectivity index (χ4v) is 4.58. The van der Waals surface area contributed by atoms with Crippen LogP contribution < -0.4 is 4.72 Å². The van der Waals surface area contributed by atoms with Gasteiger partial charge in [-0.15, -0.1) is 11.3 Å². The highest BCUT2D eigenvalue weighted by atomic mass is 32.2. The molecule has 0 spiro atoms. The van der Waals surface area contributed by atoms with Gasteiger partial charge in [0, 0.05) is 48.7 Å². The average Bonchev–Trinajstić information content (AvgIpc) is 3.03. The molecule has 6 nitrogen and oxygen atoms in total. The van der Waals surface area contributed by atoms with Crippen LogP contribution in [-0.4, -0.2) is 42.4 Å². The Morgan fingerprint density at radius 3 is 2.88 bits per heavy atom. The first-order chi connectivity index (χ1) is 11.4. The van der Waals surface area contributed by atoms with E-state index in [0.717, 1.165) is 32.6 Å². The minimum atomic E-state index is -3.13. The van der Waals surface area contributed by atoms with Gasteiger partial charge in [0.25, 0.3) is 0 Å². The van der Waals surface area contributed by atoms with Gasteiger partial charge in [-0.05, 0) is 37.5 Å². The second-order valence-electron chi connectivity index (χ2n) is 6.51. The fraction of sp³-hybridized carbons (Fsp3) is 0.562. The van der Waals surface area contributed by atoms with E-state index in [0.29, 0.717) is 12.5 Å². The quantitative estimate of drug-likeness (QED) is 0.845. The summed E-state index contributed by atoms with van der Waals surface area (Å²) in [5.74, 6) is 0.376. The van der Waals surface area contributed by atoms with Crippen LogP contribution in [0.25, 0.3) is 0 Å². The molecule has 1 aliphatic heterocycles. The Morgan fingerprint density at radius 2 is 2.17 bits per heavy atom. The predicted molar refractivity (Wildman–Crippen MR) is 96.4 cm³/mol. The van der Waals surface area contributed by atoms with Gasteiger partial charge in [-0.2, -0.15) is 5.10 Å². The molecule has 2 aromatic heterocycles. The summed E-state index contributed by atoms with van der Waals surface area (Å²) in [6.07, 6.45) is 3.86. The van der Waals surface area contributed by atoms with E-state index in [9.17, 15) is 8.42 Å². The monoisotopic (exact) mass is 368 g/mol. The van der Waals surface area contributed by atoms with E-state index in [1.807, 2.05) is 17.5 Å². The van der Waals surface area contributed by atoms with Crippen LogP contribution in [0.3, 0.4) is 0 Å². The van der Waals surface area contributed by atoms with Gasteiger partial charge in [0.1, 0.15) is 0 Å². The normalized spacial score (nSPS) is 19.2. The van der Waals surface area contributed by atoms with Crippen LogP contribution in [0.5, 0.6) is 0 Å². The summed E-state index contributed by atoms with van der Waals surface area (Å²) in [7, 11) is -3.13. The summed E-state index contributed by atoms with van der Waals surface area (Å²) in [5, 5.41) is 4.42. The maximum atomic E-state index is 11.3. The number of fused-ring (bicyclic) bond motifs is 1. The highest BCUT2D eigenvalue weighted by molar-refractivity contribution is 7.88. The zero-order valence-corrected chi connectivity index (χ0v) is 15.7. The molecule has 0 saturated heterocycles. The third-order valence-corrected chi connectivity index (χ3v) is 5.94. The van der Waals surface area contributed by atoms with Crippen LogP contribution in [0.1, 0.15) is 21.9 Å². The number of nitrogens with zero attached hydrogens (tertiary/aromatic N) is 3. The second-order valence-corrected chi connectivity index (χ2v) is 9.71. The van der Waals surface area contributed by atoms with E-state index in [4.69, 9.17) is 0 Å². The van der Waals surface area contributed by atoms with Crippen molar-refractivity contribution in [3.63, 3.8) is 0 Å². The lowest BCUT2D eigenvalue weighted by molar-refractivity contribution is 0.217. The lowest BCUT2D eigenvalue weighted by Crippen LogP contribution is -2.31. The number of nitrogens with one attached hydrogen (secondary N) is 1. The average molecular weight is 369 g/mol. The first kappa shape index (κ1) is 17.6. The van der Waals surface area contributed by atoms with Gasteiger partial charge in [-0.1, -0.05) is 0 Å². The van der Waals surface area contributed by atoms with Gasteiger partial charge in [0.2, 0.25) is 10.0 Å². The summed E-state index contributed by atoms with van der Waals surface area (Å²) in [5.41, 5.74) is 1.22. The molecule has 3 rings (SSSR count). The van der Waals surface area contributed by atoms with Gasteiger partial charge in [-0.3, -0.25) is 9.58 Å². The van der Waals surface area contributed by atoms with E-state index in [1.165, 1.54) is 21.7 Å². The minimum absolute atomic E-state index is 0.376. The second kappa shape index (κ2) is 7.35. The third-order valence-electron chi connectivity index (χ3n) is 4.23. The number of thiophene rings is 1. The zero-order valence-electron chi connectivity index (χ0n) is 14.1. The number of rotatable bonds is 6. The van der Waals surface area contributed by atoms with E-state index in [-0.39, 0.29) is 0 Å². The summed E-state index contributed by atoms with van der Waals surface area (Å²) < 4.78 is 27.2. The minimum Gasteiger partial charge on any atom is -0.292 e. The van der Waals surface area contributed by atoms with E-state index >= 15 is 0 Å². The first-order valence-electron chi connectivity index (χ1n) is 8.12. The van der Waals surface area contributed by atoms with Crippen LogP contribution in [0.4, 0.5) is 0 Å². The molecule has 24 heavy (non-hydrogen) atoms. The van der Waals surface area contributed by atoms with Crippen molar-refractivity contribution in [2.75, 3.05) is 19.3 Å². The molecular formula is C16H24N4O2S2. The summed E-state index contributed by atoms with van der Waals surface area (Å²) in [6, 6.07) is 6.43. The number of hydrogen-bond acceptors (Lipinski definition) is 5. The largest absolute Gasteiger partial charge is 0.292 e. The van der Waals surface area contributed by atoms with Gasteiger partial charge in [-0.25, -0.2) is 13.1 Å². The highest BCUT2D eigenvalue weighted by Gasteiger charge is 2.22. The van der Waals surface area contributed by atoms with Crippen molar-refractivity contribution in [3.8, 4) is 0 Å². The van der Waals surface area contributed by atoms with Gasteiger partial charge in [0.05, 0.1) is 11.9 Å². The maximum absolute atomic E-state index is 11.3. The van der Waals surface area contributed by atoms with Crippen molar-refractivity contribution < 1.29 is 8.42 Å². The molecule has 0 aliphatic carbocycles. The maximum Gasteiger partial charge on any atom is 0.208 e. The Balaban J connectivity index is 1.68. The van der Waals surface area contributed by atoms with Gasteiger partial charge in [0.15, 0.2) is 0 Å². The molecular weight excluding hydrogens is 344 g/mol. The van der Waals surface area contributed by atoms with Crippen molar-refractivity contribution in [2.45, 2.75) is 33.0 Å². The van der Waals surface area contributed by atoms with Crippen LogP contribution in [0.15, 0.2) is 24.4 Å². The molecule has 132 valence electrons. The number of hydrogen-bond donors (Lipinski definition) is 1. The Morgan fingerprint density at radius 1 is 1.33 bits per heavy atom. The molecule has 0 bridgehead atoms. The molecule has 0 radical (unpaired) electrons. The standard InChI is InChI=1S/C16H24N4O2S2/c1-13-3-4-16(23-13)12-19-9-14(5-8-18-24(2,21)22)10-20-15(11-19)6-7-17-20/h3-4,6-7,14,18H,5,8-12H2,1-2H3/t14-/m1/s1. The van der Waals surface area contributed by atoms with Crippen LogP contribution in [0.2, 0.25) is 0 Å². The predicted octanol–water partition coefficient (Wildman–Crippen LogP) is 1.82. The van der Waals surface area contributed by atoms with Crippen molar-refractivity contribution in [1.82, 2.24) is 19.4 Å². The Labute approximate surface area is 147 Å². The zero-order chi connectivity index (χ0) is 17.2. The SMILES string of the molecule is Cc1ccc(CN2Cc3ccnn3C[C@H](CCNS(C)(=O)=O)C2)s1. The summed E-state index contributed by atoms with van der Waals surface area (Å²) in [6.45, 7) is 6.21. The highest BCUT2D eigenvalue weighted by Crippen LogP contribution is 2.23. The Hall–Kier alpha value is -1.22. The molecule has 8 heteroatoms. The fourth-order valence-electron chi connectivity index (χ4n) is 3.16. The van der Waals surface area contributed by atoms with E-state index in [1.54, 1.807) is 0 Å². The molecule has 1 aliphatic rings. The molecule has 0 fully saturated rings. The van der Waals surface area contributed by atoms with Gasteiger partial charge >= 0.3 is 0 Å². The molecule has 3 heterocycles. The Kier molecular flexibility index (Phi) is 5.39. The van der Waals surface area contributed by atoms with Crippen molar-refractivity contribution in [2.24, 2.45) is 5.92 Å². The first-order valence-corrected chi connectivity index (χ1v) is 10.8. The van der Waals surface area contributed by atoms with E-state index < -0.39 is 10.0 Å². The molecule has 2 aromatic rings. The smallest absolute Gasteiger partial charge is 0.208 e. The summed E-state index contributed by atoms with van der Waals surface area (Å²) >= 11 is 1.84. The summed E-state index contributed by atoms with van der Waals surface area (Å²) in [4.78, 5) is 5.14. The Bertz CT molecular complexity index is 782. The topological polar surface area (TPSA) is 67.2 Å². The van der Waals surface area contributed by atoms with Crippen molar-refractivity contribution >= 4 is 21.4 Å². The number of aryl methyl sites for hydroxylation is 1. The molecule has 0 unspecified atom stereocenters. The van der Waals surface area contributed by atoms with Crippen molar-refractivity contribution in [1.29, 1.82) is 0 Å². The number of aromatic nitrogens is 2. The van der Waals surface area contributed by atoms with E-state index in [2.05, 4.69) is 44.5 Å². The molecule has 0 amide bonds. The van der Waals surface area contributed by atoms with Crippen molar-refractivity contribution in [3.05, 3.63) is 39.8 Å². The molecule has 0 saturated carbocycles. The third kappa shape index (κ3) is 4.89. The molecule has 1 N–H and O–H groups in total. The molecule has 1 atom stereocenters. The lowest BCUT2D eigenvalue weighted by Gasteiger charge is -2.23. The van der Waals surface area contributed by atoms with Gasteiger partial charge < -0.3 is 0 Å². The number of sulfonamides is 1. The van der Waals surface area contributed by atoms with Crippen LogP contribution in [-0.2, 0) is 29.7 Å². The lowest BCUT2D eigenvalue weighted by atomic mass is 10.1. The van der Waals surface area contributed by atoms with Crippen LogP contribution >= 0.6 is 11.3 Å². The van der Waals surface area contributed by atoms with Crippen LogP contribution in [0, 0.1) is 12.8 Å². The molecule has 0 aromatic carbocycles.